The zero-order valence-electron chi connectivity index (χ0n) is 15.2. The van der Waals surface area contributed by atoms with Gasteiger partial charge in [0.05, 0.1) is 6.33 Å². The SMILES string of the molecule is Clc1cccc(-c2ccc(CN3CCN(c4ncnc5nc[nH]c45)CC3)s2)c1. The van der Waals surface area contributed by atoms with E-state index in [1.165, 1.54) is 15.3 Å². The maximum Gasteiger partial charge on any atom is 0.182 e. The Bertz CT molecular complexity index is 1100. The fraction of sp³-hybridized carbons (Fsp3) is 0.250. The number of rotatable bonds is 4. The normalized spacial score (nSPS) is 15.4. The smallest absolute Gasteiger partial charge is 0.182 e. The van der Waals surface area contributed by atoms with Crippen LogP contribution in [0, 0.1) is 0 Å². The van der Waals surface area contributed by atoms with Gasteiger partial charge in [0.25, 0.3) is 0 Å². The molecular weight excluding hydrogens is 392 g/mol. The minimum absolute atomic E-state index is 0.722. The van der Waals surface area contributed by atoms with Gasteiger partial charge in [0.2, 0.25) is 0 Å². The highest BCUT2D eigenvalue weighted by molar-refractivity contribution is 7.15. The highest BCUT2D eigenvalue weighted by Gasteiger charge is 2.21. The Balaban J connectivity index is 1.24. The first-order valence-corrected chi connectivity index (χ1v) is 10.4. The van der Waals surface area contributed by atoms with Crippen molar-refractivity contribution in [1.82, 2.24) is 24.8 Å². The van der Waals surface area contributed by atoms with Crippen LogP contribution < -0.4 is 4.90 Å². The summed E-state index contributed by atoms with van der Waals surface area (Å²) in [5.74, 6) is 0.946. The van der Waals surface area contributed by atoms with Crippen LogP contribution in [0.15, 0.2) is 49.1 Å². The first kappa shape index (κ1) is 17.6. The second-order valence-electron chi connectivity index (χ2n) is 6.84. The maximum atomic E-state index is 6.13. The van der Waals surface area contributed by atoms with Crippen molar-refractivity contribution in [2.24, 2.45) is 0 Å². The quantitative estimate of drug-likeness (QED) is 0.549. The van der Waals surface area contributed by atoms with Gasteiger partial charge >= 0.3 is 0 Å². The molecule has 4 heterocycles. The minimum Gasteiger partial charge on any atom is -0.352 e. The van der Waals surface area contributed by atoms with Crippen molar-refractivity contribution in [3.63, 3.8) is 0 Å². The Labute approximate surface area is 171 Å². The molecule has 28 heavy (non-hydrogen) atoms. The third-order valence-corrected chi connectivity index (χ3v) is 6.38. The van der Waals surface area contributed by atoms with E-state index in [0.29, 0.717) is 0 Å². The van der Waals surface area contributed by atoms with Gasteiger partial charge in [-0.15, -0.1) is 11.3 Å². The molecule has 0 spiro atoms. The summed E-state index contributed by atoms with van der Waals surface area (Å²) in [7, 11) is 0. The lowest BCUT2D eigenvalue weighted by Crippen LogP contribution is -2.46. The highest BCUT2D eigenvalue weighted by atomic mass is 35.5. The Kier molecular flexibility index (Phi) is 4.72. The van der Waals surface area contributed by atoms with E-state index in [-0.39, 0.29) is 0 Å². The average molecular weight is 411 g/mol. The number of hydrogen-bond acceptors (Lipinski definition) is 6. The van der Waals surface area contributed by atoms with Gasteiger partial charge in [0, 0.05) is 47.5 Å². The van der Waals surface area contributed by atoms with E-state index >= 15 is 0 Å². The number of H-pyrrole nitrogens is 1. The number of nitrogens with zero attached hydrogens (tertiary/aromatic N) is 5. The topological polar surface area (TPSA) is 60.9 Å². The van der Waals surface area contributed by atoms with E-state index in [1.807, 2.05) is 29.5 Å². The first-order valence-electron chi connectivity index (χ1n) is 9.22. The molecule has 0 bridgehead atoms. The minimum atomic E-state index is 0.722. The van der Waals surface area contributed by atoms with Gasteiger partial charge in [-0.3, -0.25) is 4.90 Å². The molecule has 3 aromatic heterocycles. The number of aromatic amines is 1. The van der Waals surface area contributed by atoms with Gasteiger partial charge < -0.3 is 9.88 Å². The molecule has 0 aliphatic carbocycles. The molecular formula is C20H19ClN6S. The van der Waals surface area contributed by atoms with E-state index in [4.69, 9.17) is 11.6 Å². The summed E-state index contributed by atoms with van der Waals surface area (Å²) in [5.41, 5.74) is 2.82. The first-order chi connectivity index (χ1) is 13.8. The summed E-state index contributed by atoms with van der Waals surface area (Å²) in [6.45, 7) is 4.87. The average Bonchev–Trinajstić information content (AvgIpc) is 3.38. The molecule has 0 unspecified atom stereocenters. The fourth-order valence-electron chi connectivity index (χ4n) is 3.59. The molecule has 142 valence electrons. The van der Waals surface area contributed by atoms with Crippen LogP contribution in [-0.4, -0.2) is 51.0 Å². The van der Waals surface area contributed by atoms with Crippen LogP contribution in [-0.2, 0) is 6.54 Å². The molecule has 0 atom stereocenters. The Morgan fingerprint density at radius 1 is 1.04 bits per heavy atom. The van der Waals surface area contributed by atoms with Crippen LogP contribution in [0.5, 0.6) is 0 Å². The summed E-state index contributed by atoms with van der Waals surface area (Å²) in [6, 6.07) is 12.5. The highest BCUT2D eigenvalue weighted by Crippen LogP contribution is 2.30. The van der Waals surface area contributed by atoms with E-state index in [0.717, 1.165) is 54.7 Å². The number of imidazole rings is 1. The van der Waals surface area contributed by atoms with Crippen molar-refractivity contribution in [2.75, 3.05) is 31.1 Å². The molecule has 4 aromatic rings. The van der Waals surface area contributed by atoms with Crippen molar-refractivity contribution in [1.29, 1.82) is 0 Å². The van der Waals surface area contributed by atoms with E-state index in [9.17, 15) is 0 Å². The monoisotopic (exact) mass is 410 g/mol. The van der Waals surface area contributed by atoms with Crippen molar-refractivity contribution in [2.45, 2.75) is 6.54 Å². The summed E-state index contributed by atoms with van der Waals surface area (Å²) >= 11 is 7.97. The summed E-state index contributed by atoms with van der Waals surface area (Å²) in [5, 5.41) is 0.777. The molecule has 1 aliphatic rings. The molecule has 1 fully saturated rings. The van der Waals surface area contributed by atoms with Gasteiger partial charge in [0.15, 0.2) is 11.5 Å². The molecule has 0 saturated carbocycles. The largest absolute Gasteiger partial charge is 0.352 e. The molecule has 1 aliphatic heterocycles. The van der Waals surface area contributed by atoms with Crippen LogP contribution in [0.4, 0.5) is 5.82 Å². The van der Waals surface area contributed by atoms with Gasteiger partial charge in [0.1, 0.15) is 11.8 Å². The van der Waals surface area contributed by atoms with Crippen LogP contribution in [0.2, 0.25) is 5.02 Å². The Hall–Kier alpha value is -2.48. The molecule has 1 aromatic carbocycles. The number of thiophene rings is 1. The molecule has 1 N–H and O–H groups in total. The van der Waals surface area contributed by atoms with Crippen LogP contribution in [0.3, 0.4) is 0 Å². The van der Waals surface area contributed by atoms with E-state index < -0.39 is 0 Å². The van der Waals surface area contributed by atoms with Crippen molar-refractivity contribution >= 4 is 39.9 Å². The molecule has 8 heteroatoms. The van der Waals surface area contributed by atoms with Crippen molar-refractivity contribution < 1.29 is 0 Å². The molecule has 6 nitrogen and oxygen atoms in total. The lowest BCUT2D eigenvalue weighted by molar-refractivity contribution is 0.251. The maximum absolute atomic E-state index is 6.13. The van der Waals surface area contributed by atoms with Gasteiger partial charge in [-0.1, -0.05) is 23.7 Å². The van der Waals surface area contributed by atoms with Crippen LogP contribution in [0.1, 0.15) is 4.88 Å². The number of benzene rings is 1. The summed E-state index contributed by atoms with van der Waals surface area (Å²) in [4.78, 5) is 23.5. The van der Waals surface area contributed by atoms with E-state index in [2.05, 4.69) is 47.9 Å². The molecule has 0 amide bonds. The van der Waals surface area contributed by atoms with Gasteiger partial charge in [-0.25, -0.2) is 15.0 Å². The fourth-order valence-corrected chi connectivity index (χ4v) is 4.83. The third-order valence-electron chi connectivity index (χ3n) is 5.03. The van der Waals surface area contributed by atoms with E-state index in [1.54, 1.807) is 12.7 Å². The standard InChI is InChI=1S/C20H19ClN6S/c21-15-3-1-2-14(10-15)17-5-4-16(28-17)11-26-6-8-27(9-7-26)20-18-19(23-12-22-18)24-13-25-20/h1-5,10,12-13H,6-9,11H2,(H,22,23,24,25). The van der Waals surface area contributed by atoms with Gasteiger partial charge in [-0.05, 0) is 29.8 Å². The predicted octanol–water partition coefficient (Wildman–Crippen LogP) is 4.06. The second-order valence-corrected chi connectivity index (χ2v) is 8.44. The second kappa shape index (κ2) is 7.50. The van der Waals surface area contributed by atoms with Crippen LogP contribution >= 0.6 is 22.9 Å². The van der Waals surface area contributed by atoms with Crippen molar-refractivity contribution in [3.8, 4) is 10.4 Å². The Morgan fingerprint density at radius 3 is 2.79 bits per heavy atom. The van der Waals surface area contributed by atoms with Crippen molar-refractivity contribution in [3.05, 3.63) is 59.0 Å². The van der Waals surface area contributed by atoms with Gasteiger partial charge in [-0.2, -0.15) is 0 Å². The van der Waals surface area contributed by atoms with Crippen LogP contribution in [0.25, 0.3) is 21.6 Å². The number of piperazine rings is 1. The molecule has 1 saturated heterocycles. The third kappa shape index (κ3) is 3.48. The number of hydrogen-bond donors (Lipinski definition) is 1. The number of fused-ring (bicyclic) bond motifs is 1. The molecule has 5 rings (SSSR count). The number of nitrogens with one attached hydrogen (secondary N) is 1. The summed E-state index contributed by atoms with van der Waals surface area (Å²) < 4.78 is 0. The number of aromatic nitrogens is 4. The Morgan fingerprint density at radius 2 is 1.93 bits per heavy atom. The number of halogens is 1. The lowest BCUT2D eigenvalue weighted by atomic mass is 10.2. The molecule has 0 radical (unpaired) electrons. The zero-order chi connectivity index (χ0) is 18.9. The predicted molar refractivity (Wildman–Crippen MR) is 114 cm³/mol. The zero-order valence-corrected chi connectivity index (χ0v) is 16.7. The lowest BCUT2D eigenvalue weighted by Gasteiger charge is -2.35. The summed E-state index contributed by atoms with van der Waals surface area (Å²) in [6.07, 6.45) is 3.27. The number of anilines is 1.